The molecule has 0 radical (unpaired) electrons. The quantitative estimate of drug-likeness (QED) is 0.165. The molecule has 0 spiro atoms. The SMILES string of the molecule is CCOc1ccc(NC(=O)CSc2nc3sc4c(c3c(=O)n2-c2ccc(OCC)cc2)CCC(C(C)(C)C)C4)cc1. The molecule has 0 aliphatic heterocycles. The largest absolute Gasteiger partial charge is 0.494 e. The van der Waals surface area contributed by atoms with Crippen molar-refractivity contribution in [1.29, 1.82) is 0 Å². The maximum atomic E-state index is 14.2. The van der Waals surface area contributed by atoms with E-state index in [1.165, 1.54) is 16.6 Å². The van der Waals surface area contributed by atoms with E-state index in [0.717, 1.165) is 46.5 Å². The minimum atomic E-state index is -0.176. The number of rotatable bonds is 9. The van der Waals surface area contributed by atoms with Crippen LogP contribution in [0.1, 0.15) is 51.5 Å². The van der Waals surface area contributed by atoms with E-state index in [1.54, 1.807) is 15.9 Å². The lowest BCUT2D eigenvalue weighted by molar-refractivity contribution is -0.113. The number of hydrogen-bond acceptors (Lipinski definition) is 7. The molecule has 1 unspecified atom stereocenters. The molecular weight excluding hydrogens is 555 g/mol. The van der Waals surface area contributed by atoms with Crippen LogP contribution in [0.15, 0.2) is 58.5 Å². The standard InChI is InChI=1S/C32H37N3O4S2/c1-6-38-23-13-9-21(10-14-23)33-27(36)19-40-31-34-29-28(25-17-8-20(32(3,4)5)18-26(25)41-29)30(37)35(31)22-11-15-24(16-12-22)39-7-2/h9-16,20H,6-8,17-19H2,1-5H3,(H,33,36). The fourth-order valence-electron chi connectivity index (χ4n) is 5.26. The first-order valence-electron chi connectivity index (χ1n) is 14.1. The monoisotopic (exact) mass is 591 g/mol. The molecular formula is C32H37N3O4S2. The van der Waals surface area contributed by atoms with E-state index in [-0.39, 0.29) is 22.6 Å². The summed E-state index contributed by atoms with van der Waals surface area (Å²) in [6.07, 6.45) is 2.91. The molecule has 2 heterocycles. The molecule has 0 fully saturated rings. The summed E-state index contributed by atoms with van der Waals surface area (Å²) in [5.41, 5.74) is 2.66. The number of ether oxygens (including phenoxy) is 2. The van der Waals surface area contributed by atoms with Gasteiger partial charge in [0.05, 0.1) is 30.0 Å². The third kappa shape index (κ3) is 6.46. The Hall–Kier alpha value is -3.30. The van der Waals surface area contributed by atoms with Crippen molar-refractivity contribution in [1.82, 2.24) is 9.55 Å². The summed E-state index contributed by atoms with van der Waals surface area (Å²) in [6, 6.07) is 14.8. The molecule has 1 aliphatic rings. The Morgan fingerprint density at radius 1 is 1.05 bits per heavy atom. The minimum Gasteiger partial charge on any atom is -0.494 e. The lowest BCUT2D eigenvalue weighted by Gasteiger charge is -2.33. The van der Waals surface area contributed by atoms with Gasteiger partial charge in [-0.3, -0.25) is 14.2 Å². The molecule has 0 saturated carbocycles. The zero-order valence-corrected chi connectivity index (χ0v) is 25.9. The summed E-state index contributed by atoms with van der Waals surface area (Å²) >= 11 is 2.90. The summed E-state index contributed by atoms with van der Waals surface area (Å²) in [5.74, 6) is 1.99. The van der Waals surface area contributed by atoms with Crippen LogP contribution in [0.2, 0.25) is 0 Å². The summed E-state index contributed by atoms with van der Waals surface area (Å²) in [6.45, 7) is 11.9. The van der Waals surface area contributed by atoms with Crippen LogP contribution in [0, 0.1) is 11.3 Å². The van der Waals surface area contributed by atoms with Gasteiger partial charge in [-0.1, -0.05) is 32.5 Å². The molecule has 1 atom stereocenters. The highest BCUT2D eigenvalue weighted by molar-refractivity contribution is 7.99. The first-order chi connectivity index (χ1) is 19.7. The number of amides is 1. The first-order valence-corrected chi connectivity index (χ1v) is 15.9. The number of anilines is 1. The number of nitrogens with zero attached hydrogens (tertiary/aromatic N) is 2. The second kappa shape index (κ2) is 12.3. The third-order valence-corrected chi connectivity index (χ3v) is 9.55. The van der Waals surface area contributed by atoms with E-state index in [2.05, 4.69) is 26.1 Å². The Morgan fingerprint density at radius 3 is 2.29 bits per heavy atom. The molecule has 2 aromatic heterocycles. The molecule has 5 rings (SSSR count). The number of aromatic nitrogens is 2. The van der Waals surface area contributed by atoms with Gasteiger partial charge in [-0.15, -0.1) is 11.3 Å². The van der Waals surface area contributed by atoms with Gasteiger partial charge >= 0.3 is 0 Å². The smallest absolute Gasteiger partial charge is 0.267 e. The highest BCUT2D eigenvalue weighted by atomic mass is 32.2. The normalized spacial score (nSPS) is 15.0. The van der Waals surface area contributed by atoms with Gasteiger partial charge in [0.15, 0.2) is 5.16 Å². The zero-order chi connectivity index (χ0) is 29.1. The number of benzene rings is 2. The first kappa shape index (κ1) is 29.2. The highest BCUT2D eigenvalue weighted by Crippen LogP contribution is 2.42. The van der Waals surface area contributed by atoms with Crippen molar-refractivity contribution in [3.05, 3.63) is 69.3 Å². The molecule has 9 heteroatoms. The molecule has 41 heavy (non-hydrogen) atoms. The van der Waals surface area contributed by atoms with Crippen molar-refractivity contribution in [3.63, 3.8) is 0 Å². The number of fused-ring (bicyclic) bond motifs is 3. The highest BCUT2D eigenvalue weighted by Gasteiger charge is 2.32. The van der Waals surface area contributed by atoms with E-state index < -0.39 is 0 Å². The van der Waals surface area contributed by atoms with Gasteiger partial charge in [0.1, 0.15) is 16.3 Å². The number of carbonyl (C=O) groups excluding carboxylic acids is 1. The molecule has 1 N–H and O–H groups in total. The molecule has 1 aliphatic carbocycles. The molecule has 7 nitrogen and oxygen atoms in total. The summed E-state index contributed by atoms with van der Waals surface area (Å²) < 4.78 is 12.7. The van der Waals surface area contributed by atoms with E-state index in [4.69, 9.17) is 14.5 Å². The van der Waals surface area contributed by atoms with E-state index in [9.17, 15) is 9.59 Å². The van der Waals surface area contributed by atoms with E-state index in [1.807, 2.05) is 62.4 Å². The summed E-state index contributed by atoms with van der Waals surface area (Å²) in [5, 5.41) is 4.14. The van der Waals surface area contributed by atoms with Crippen LogP contribution < -0.4 is 20.3 Å². The fourth-order valence-corrected chi connectivity index (χ4v) is 7.41. The van der Waals surface area contributed by atoms with Crippen LogP contribution in [-0.2, 0) is 17.6 Å². The molecule has 216 valence electrons. The average Bonchev–Trinajstić information content (AvgIpc) is 3.31. The van der Waals surface area contributed by atoms with Crippen molar-refractivity contribution in [2.75, 3.05) is 24.3 Å². The topological polar surface area (TPSA) is 82.5 Å². The van der Waals surface area contributed by atoms with Crippen LogP contribution in [0.5, 0.6) is 11.5 Å². The van der Waals surface area contributed by atoms with Gasteiger partial charge in [0.25, 0.3) is 5.56 Å². The number of hydrogen-bond donors (Lipinski definition) is 1. The van der Waals surface area contributed by atoms with Crippen molar-refractivity contribution >= 4 is 44.9 Å². The molecule has 4 aromatic rings. The van der Waals surface area contributed by atoms with Crippen molar-refractivity contribution in [3.8, 4) is 17.2 Å². The summed E-state index contributed by atoms with van der Waals surface area (Å²) in [7, 11) is 0. The van der Waals surface area contributed by atoms with Crippen molar-refractivity contribution < 1.29 is 14.3 Å². The van der Waals surface area contributed by atoms with Gasteiger partial charge < -0.3 is 14.8 Å². The second-order valence-electron chi connectivity index (χ2n) is 11.2. The van der Waals surface area contributed by atoms with Crippen LogP contribution in [0.25, 0.3) is 15.9 Å². The third-order valence-electron chi connectivity index (χ3n) is 7.46. The Kier molecular flexibility index (Phi) is 8.75. The second-order valence-corrected chi connectivity index (χ2v) is 13.3. The van der Waals surface area contributed by atoms with Crippen LogP contribution in [-0.4, -0.2) is 34.4 Å². The van der Waals surface area contributed by atoms with Crippen molar-refractivity contribution in [2.45, 2.75) is 59.0 Å². The lowest BCUT2D eigenvalue weighted by atomic mass is 9.72. The number of carbonyl (C=O) groups is 1. The van der Waals surface area contributed by atoms with Gasteiger partial charge in [-0.25, -0.2) is 4.98 Å². The van der Waals surface area contributed by atoms with Crippen LogP contribution in [0.3, 0.4) is 0 Å². The Bertz CT molecular complexity index is 1590. The Labute approximate surface area is 249 Å². The number of thioether (sulfide) groups is 1. The zero-order valence-electron chi connectivity index (χ0n) is 24.3. The fraction of sp³-hybridized carbons (Fsp3) is 0.406. The Balaban J connectivity index is 1.47. The number of nitrogens with one attached hydrogen (secondary N) is 1. The summed E-state index contributed by atoms with van der Waals surface area (Å²) in [4.78, 5) is 34.1. The minimum absolute atomic E-state index is 0.0831. The van der Waals surface area contributed by atoms with Gasteiger partial charge in [0.2, 0.25) is 5.91 Å². The van der Waals surface area contributed by atoms with E-state index in [0.29, 0.717) is 35.7 Å². The number of thiophene rings is 1. The Morgan fingerprint density at radius 2 is 1.68 bits per heavy atom. The van der Waals surface area contributed by atoms with Crippen LogP contribution in [0.4, 0.5) is 5.69 Å². The predicted octanol–water partition coefficient (Wildman–Crippen LogP) is 7.13. The van der Waals surface area contributed by atoms with Crippen LogP contribution >= 0.6 is 23.1 Å². The molecule has 1 amide bonds. The molecule has 0 bridgehead atoms. The van der Waals surface area contributed by atoms with Gasteiger partial charge in [-0.05, 0) is 98.5 Å². The lowest BCUT2D eigenvalue weighted by Crippen LogP contribution is -2.27. The van der Waals surface area contributed by atoms with E-state index >= 15 is 0 Å². The van der Waals surface area contributed by atoms with Gasteiger partial charge in [-0.2, -0.15) is 0 Å². The maximum absolute atomic E-state index is 14.2. The van der Waals surface area contributed by atoms with Crippen molar-refractivity contribution in [2.24, 2.45) is 11.3 Å². The van der Waals surface area contributed by atoms with Gasteiger partial charge in [0, 0.05) is 10.6 Å². The average molecular weight is 592 g/mol. The predicted molar refractivity (Wildman–Crippen MR) is 168 cm³/mol. The maximum Gasteiger partial charge on any atom is 0.267 e. The molecule has 0 saturated heterocycles. The molecule has 2 aromatic carbocycles. The number of aryl methyl sites for hydroxylation is 1.